The first-order chi connectivity index (χ1) is 13.8. The summed E-state index contributed by atoms with van der Waals surface area (Å²) < 4.78 is 5.24. The van der Waals surface area contributed by atoms with Crippen LogP contribution in [0.25, 0.3) is 0 Å². The van der Waals surface area contributed by atoms with Crippen molar-refractivity contribution < 1.29 is 23.9 Å². The molecule has 1 atom stereocenters. The number of hydrogen-bond donors (Lipinski definition) is 3. The molecule has 0 radical (unpaired) electrons. The number of benzene rings is 2. The van der Waals surface area contributed by atoms with E-state index in [1.165, 1.54) is 19.1 Å². The maximum atomic E-state index is 12.5. The van der Waals surface area contributed by atoms with Crippen molar-refractivity contribution in [2.75, 3.05) is 10.6 Å². The fourth-order valence-corrected chi connectivity index (χ4v) is 2.55. The van der Waals surface area contributed by atoms with Gasteiger partial charge in [-0.3, -0.25) is 9.59 Å². The van der Waals surface area contributed by atoms with Gasteiger partial charge in [0.05, 0.1) is 5.56 Å². The van der Waals surface area contributed by atoms with Gasteiger partial charge >= 0.3 is 12.0 Å². The third-order valence-electron chi connectivity index (χ3n) is 3.95. The van der Waals surface area contributed by atoms with Crippen LogP contribution in [0.1, 0.15) is 47.4 Å². The molecule has 2 rings (SSSR count). The van der Waals surface area contributed by atoms with Crippen LogP contribution >= 0.6 is 0 Å². The fourth-order valence-electron chi connectivity index (χ4n) is 2.55. The first kappa shape index (κ1) is 21.6. The van der Waals surface area contributed by atoms with Crippen LogP contribution in [0.5, 0.6) is 0 Å². The molecule has 2 aromatic carbocycles. The molecule has 3 amide bonds. The summed E-state index contributed by atoms with van der Waals surface area (Å²) in [6.07, 6.45) is 0.146. The maximum absolute atomic E-state index is 12.5. The van der Waals surface area contributed by atoms with Crippen molar-refractivity contribution in [2.45, 2.75) is 32.8 Å². The number of nitrogens with one attached hydrogen (secondary N) is 2. The summed E-state index contributed by atoms with van der Waals surface area (Å²) in [4.78, 5) is 47.4. The minimum absolute atomic E-state index is 0.0954. The number of urea groups is 1. The molecule has 0 aliphatic heterocycles. The van der Waals surface area contributed by atoms with Crippen molar-refractivity contribution in [3.05, 3.63) is 59.7 Å². The summed E-state index contributed by atoms with van der Waals surface area (Å²) in [6.45, 7) is 3.39. The molecule has 0 saturated carbocycles. The first-order valence-corrected chi connectivity index (χ1v) is 9.11. The zero-order chi connectivity index (χ0) is 21.4. The smallest absolute Gasteiger partial charge is 0.338 e. The number of carbonyl (C=O) groups excluding carboxylic acids is 4. The molecule has 152 valence electrons. The zero-order valence-electron chi connectivity index (χ0n) is 16.2. The Bertz CT molecular complexity index is 909. The van der Waals surface area contributed by atoms with Crippen LogP contribution in [0.3, 0.4) is 0 Å². The van der Waals surface area contributed by atoms with E-state index in [9.17, 15) is 19.2 Å². The Hall–Kier alpha value is -3.68. The van der Waals surface area contributed by atoms with Crippen LogP contribution in [0.15, 0.2) is 48.5 Å². The van der Waals surface area contributed by atoms with Crippen LogP contribution in [-0.4, -0.2) is 29.8 Å². The molecule has 0 unspecified atom stereocenters. The Morgan fingerprint density at radius 2 is 1.66 bits per heavy atom. The number of rotatable bonds is 8. The number of esters is 1. The number of hydrogen-bond acceptors (Lipinski definition) is 5. The molecule has 8 heteroatoms. The average Bonchev–Trinajstić information content (AvgIpc) is 2.67. The standard InChI is InChI=1S/C21H23N3O5/c1-3-5-18(25)23-16-10-8-14(9-11-16)19(26)13(2)29-20(27)15-6-4-7-17(12-15)24-21(22)28/h4,6-13H,3,5H2,1-2H3,(H,23,25)(H3,22,24,28)/t13-/m0/s1. The third-order valence-corrected chi connectivity index (χ3v) is 3.95. The number of amides is 3. The molecule has 0 aliphatic rings. The molecule has 0 aromatic heterocycles. The maximum Gasteiger partial charge on any atom is 0.338 e. The first-order valence-electron chi connectivity index (χ1n) is 9.11. The molecular weight excluding hydrogens is 374 g/mol. The van der Waals surface area contributed by atoms with Gasteiger partial charge in [0, 0.05) is 23.4 Å². The summed E-state index contributed by atoms with van der Waals surface area (Å²) in [6, 6.07) is 11.6. The van der Waals surface area contributed by atoms with Gasteiger partial charge in [-0.1, -0.05) is 13.0 Å². The summed E-state index contributed by atoms with van der Waals surface area (Å²) in [5.74, 6) is -1.18. The lowest BCUT2D eigenvalue weighted by Gasteiger charge is -2.13. The van der Waals surface area contributed by atoms with Crippen LogP contribution < -0.4 is 16.4 Å². The zero-order valence-corrected chi connectivity index (χ0v) is 16.2. The summed E-state index contributed by atoms with van der Waals surface area (Å²) >= 11 is 0. The average molecular weight is 397 g/mol. The molecular formula is C21H23N3O5. The number of Topliss-reactive ketones (excluding diaryl/α,β-unsaturated/α-hetero) is 1. The van der Waals surface area contributed by atoms with Gasteiger partial charge in [0.15, 0.2) is 6.10 Å². The van der Waals surface area contributed by atoms with Gasteiger partial charge in [0.1, 0.15) is 0 Å². The monoisotopic (exact) mass is 397 g/mol. The SMILES string of the molecule is CCCC(=O)Nc1ccc(C(=O)[C@H](C)OC(=O)c2cccc(NC(N)=O)c2)cc1. The van der Waals surface area contributed by atoms with Crippen molar-refractivity contribution in [1.82, 2.24) is 0 Å². The quantitative estimate of drug-likeness (QED) is 0.465. The van der Waals surface area contributed by atoms with Gasteiger partial charge in [-0.25, -0.2) is 9.59 Å². The minimum Gasteiger partial charge on any atom is -0.451 e. The lowest BCUT2D eigenvalue weighted by atomic mass is 10.1. The molecule has 29 heavy (non-hydrogen) atoms. The Kier molecular flexibility index (Phi) is 7.47. The van der Waals surface area contributed by atoms with Crippen LogP contribution in [0.2, 0.25) is 0 Å². The van der Waals surface area contributed by atoms with E-state index >= 15 is 0 Å². The Balaban J connectivity index is 2.00. The van der Waals surface area contributed by atoms with Gasteiger partial charge in [-0.05, 0) is 55.8 Å². The van der Waals surface area contributed by atoms with E-state index in [1.54, 1.807) is 36.4 Å². The molecule has 8 nitrogen and oxygen atoms in total. The Morgan fingerprint density at radius 1 is 0.966 bits per heavy atom. The molecule has 0 heterocycles. The predicted molar refractivity (Wildman–Crippen MR) is 109 cm³/mol. The summed E-state index contributed by atoms with van der Waals surface area (Å²) in [7, 11) is 0. The number of nitrogens with two attached hydrogens (primary N) is 1. The van der Waals surface area contributed by atoms with Gasteiger partial charge < -0.3 is 21.1 Å². The van der Waals surface area contributed by atoms with Crippen molar-refractivity contribution in [3.63, 3.8) is 0 Å². The van der Waals surface area contributed by atoms with E-state index in [1.807, 2.05) is 6.92 Å². The van der Waals surface area contributed by atoms with E-state index < -0.39 is 18.1 Å². The Labute approximate surface area is 168 Å². The molecule has 0 fully saturated rings. The number of ketones is 1. The highest BCUT2D eigenvalue weighted by Gasteiger charge is 2.20. The Morgan fingerprint density at radius 3 is 2.28 bits per heavy atom. The second kappa shape index (κ2) is 10.0. The fraction of sp³-hybridized carbons (Fsp3) is 0.238. The van der Waals surface area contributed by atoms with Crippen LogP contribution in [0, 0.1) is 0 Å². The second-order valence-corrected chi connectivity index (χ2v) is 6.36. The topological polar surface area (TPSA) is 128 Å². The number of anilines is 2. The van der Waals surface area contributed by atoms with Crippen molar-refractivity contribution in [2.24, 2.45) is 5.73 Å². The van der Waals surface area contributed by atoms with E-state index in [-0.39, 0.29) is 17.3 Å². The van der Waals surface area contributed by atoms with E-state index in [0.717, 1.165) is 6.42 Å². The van der Waals surface area contributed by atoms with Gasteiger partial charge in [0.25, 0.3) is 0 Å². The summed E-state index contributed by atoms with van der Waals surface area (Å²) in [5, 5.41) is 5.10. The molecule has 0 aliphatic carbocycles. The second-order valence-electron chi connectivity index (χ2n) is 6.36. The molecule has 0 spiro atoms. The van der Waals surface area contributed by atoms with Crippen LogP contribution in [0.4, 0.5) is 16.2 Å². The van der Waals surface area contributed by atoms with Crippen LogP contribution in [-0.2, 0) is 9.53 Å². The van der Waals surface area contributed by atoms with Crippen molar-refractivity contribution in [3.8, 4) is 0 Å². The lowest BCUT2D eigenvalue weighted by Crippen LogP contribution is -2.24. The molecule has 4 N–H and O–H groups in total. The largest absolute Gasteiger partial charge is 0.451 e. The highest BCUT2D eigenvalue weighted by molar-refractivity contribution is 6.02. The van der Waals surface area contributed by atoms with Gasteiger partial charge in [0.2, 0.25) is 11.7 Å². The third kappa shape index (κ3) is 6.46. The normalized spacial score (nSPS) is 11.2. The molecule has 0 bridgehead atoms. The molecule has 0 saturated heterocycles. The van der Waals surface area contributed by atoms with Gasteiger partial charge in [-0.2, -0.15) is 0 Å². The minimum atomic E-state index is -1.02. The van der Waals surface area contributed by atoms with E-state index in [4.69, 9.17) is 10.5 Å². The van der Waals surface area contributed by atoms with E-state index in [0.29, 0.717) is 23.4 Å². The molecule has 2 aromatic rings. The lowest BCUT2D eigenvalue weighted by molar-refractivity contribution is -0.116. The predicted octanol–water partition coefficient (Wildman–Crippen LogP) is 3.34. The highest BCUT2D eigenvalue weighted by Crippen LogP contribution is 2.16. The van der Waals surface area contributed by atoms with Crippen molar-refractivity contribution in [1.29, 1.82) is 0 Å². The van der Waals surface area contributed by atoms with Gasteiger partial charge in [-0.15, -0.1) is 0 Å². The summed E-state index contributed by atoms with van der Waals surface area (Å²) in [5.41, 5.74) is 6.50. The number of carbonyl (C=O) groups is 4. The van der Waals surface area contributed by atoms with E-state index in [2.05, 4.69) is 10.6 Å². The highest BCUT2D eigenvalue weighted by atomic mass is 16.5. The number of ether oxygens (including phenoxy) is 1. The number of primary amides is 1. The van der Waals surface area contributed by atoms with Crippen molar-refractivity contribution >= 4 is 35.1 Å².